The number of thiazole rings is 1. The van der Waals surface area contributed by atoms with E-state index < -0.39 is 15.9 Å². The maximum absolute atomic E-state index is 12.9. The van der Waals surface area contributed by atoms with Gasteiger partial charge in [0.2, 0.25) is 10.0 Å². The van der Waals surface area contributed by atoms with Gasteiger partial charge in [-0.25, -0.2) is 13.6 Å². The summed E-state index contributed by atoms with van der Waals surface area (Å²) in [6, 6.07) is 9.98. The van der Waals surface area contributed by atoms with Crippen LogP contribution in [0.1, 0.15) is 34.8 Å². The first-order valence-electron chi connectivity index (χ1n) is 9.58. The van der Waals surface area contributed by atoms with Crippen LogP contribution in [0.4, 0.5) is 0 Å². The van der Waals surface area contributed by atoms with Crippen molar-refractivity contribution in [3.05, 3.63) is 57.9 Å². The fourth-order valence-electron chi connectivity index (χ4n) is 3.08. The smallest absolute Gasteiger partial charge is 0.307 e. The Morgan fingerprint density at radius 3 is 2.58 bits per heavy atom. The number of carbonyl (C=O) groups is 2. The van der Waals surface area contributed by atoms with E-state index in [9.17, 15) is 18.0 Å². The first kappa shape index (κ1) is 22.9. The molecular weight excluding hydrogens is 438 g/mol. The summed E-state index contributed by atoms with van der Waals surface area (Å²) in [6.07, 6.45) is 0.0848. The van der Waals surface area contributed by atoms with Crippen LogP contribution in [-0.2, 0) is 26.1 Å². The number of ether oxygens (including phenoxy) is 1. The Morgan fingerprint density at radius 2 is 1.90 bits per heavy atom. The van der Waals surface area contributed by atoms with Crippen LogP contribution in [0.15, 0.2) is 46.3 Å². The number of nitrogens with zero attached hydrogens (tertiary/aromatic N) is 2. The van der Waals surface area contributed by atoms with Crippen LogP contribution in [0.25, 0.3) is 10.2 Å². The molecule has 0 atom stereocenters. The van der Waals surface area contributed by atoms with Crippen molar-refractivity contribution in [3.63, 3.8) is 0 Å². The summed E-state index contributed by atoms with van der Waals surface area (Å²) >= 11 is 1.16. The van der Waals surface area contributed by atoms with E-state index in [4.69, 9.17) is 9.88 Å². The SMILES string of the molecule is CCOC(=O)CCn1c(=NC(=O)c2cc(C)ccc2C)sc2cc(S(N)(=O)=O)ccc21. The van der Waals surface area contributed by atoms with Gasteiger partial charge in [-0.15, -0.1) is 0 Å². The zero-order valence-electron chi connectivity index (χ0n) is 17.4. The van der Waals surface area contributed by atoms with Crippen molar-refractivity contribution in [2.75, 3.05) is 6.61 Å². The van der Waals surface area contributed by atoms with Gasteiger partial charge in [0.05, 0.1) is 28.1 Å². The predicted molar refractivity (Wildman–Crippen MR) is 118 cm³/mol. The van der Waals surface area contributed by atoms with Gasteiger partial charge in [-0.1, -0.05) is 29.0 Å². The number of hydrogen-bond donors (Lipinski definition) is 1. The molecule has 0 aliphatic heterocycles. The maximum Gasteiger partial charge on any atom is 0.307 e. The number of rotatable bonds is 6. The second kappa shape index (κ2) is 9.13. The van der Waals surface area contributed by atoms with E-state index in [1.807, 2.05) is 26.0 Å². The van der Waals surface area contributed by atoms with Gasteiger partial charge in [-0.05, 0) is 50.6 Å². The van der Waals surface area contributed by atoms with Crippen molar-refractivity contribution >= 4 is 43.5 Å². The van der Waals surface area contributed by atoms with Crippen LogP contribution >= 0.6 is 11.3 Å². The van der Waals surface area contributed by atoms with Crippen molar-refractivity contribution < 1.29 is 22.7 Å². The molecule has 1 amide bonds. The monoisotopic (exact) mass is 461 g/mol. The number of aromatic nitrogens is 1. The van der Waals surface area contributed by atoms with Crippen molar-refractivity contribution in [1.82, 2.24) is 4.57 Å². The van der Waals surface area contributed by atoms with Crippen molar-refractivity contribution in [2.45, 2.75) is 38.6 Å². The number of amides is 1. The lowest BCUT2D eigenvalue weighted by Gasteiger charge is -2.06. The number of nitrogens with two attached hydrogens (primary N) is 1. The lowest BCUT2D eigenvalue weighted by atomic mass is 10.1. The Balaban J connectivity index is 2.14. The molecule has 3 rings (SSSR count). The van der Waals surface area contributed by atoms with Crippen LogP contribution in [0.2, 0.25) is 0 Å². The highest BCUT2D eigenvalue weighted by molar-refractivity contribution is 7.89. The van der Waals surface area contributed by atoms with Crippen LogP contribution in [0.3, 0.4) is 0 Å². The number of benzene rings is 2. The second-order valence-electron chi connectivity index (χ2n) is 7.00. The van der Waals surface area contributed by atoms with E-state index in [0.29, 0.717) is 20.6 Å². The third-order valence-electron chi connectivity index (χ3n) is 4.65. The van der Waals surface area contributed by atoms with E-state index in [1.54, 1.807) is 23.6 Å². The number of primary sulfonamides is 1. The lowest BCUT2D eigenvalue weighted by molar-refractivity contribution is -0.143. The summed E-state index contributed by atoms with van der Waals surface area (Å²) in [7, 11) is -3.88. The van der Waals surface area contributed by atoms with E-state index >= 15 is 0 Å². The zero-order chi connectivity index (χ0) is 22.8. The highest BCUT2D eigenvalue weighted by atomic mass is 32.2. The second-order valence-corrected chi connectivity index (χ2v) is 9.57. The van der Waals surface area contributed by atoms with Crippen LogP contribution < -0.4 is 9.94 Å². The highest BCUT2D eigenvalue weighted by Gasteiger charge is 2.15. The fraction of sp³-hybridized carbons (Fsp3) is 0.286. The summed E-state index contributed by atoms with van der Waals surface area (Å²) in [5, 5.41) is 5.24. The molecule has 0 unspecified atom stereocenters. The third-order valence-corrected chi connectivity index (χ3v) is 6.60. The molecule has 10 heteroatoms. The molecule has 0 fully saturated rings. The van der Waals surface area contributed by atoms with E-state index in [2.05, 4.69) is 4.99 Å². The van der Waals surface area contributed by atoms with Crippen molar-refractivity contribution in [3.8, 4) is 0 Å². The molecule has 0 aliphatic carbocycles. The highest BCUT2D eigenvalue weighted by Crippen LogP contribution is 2.22. The molecule has 0 spiro atoms. The van der Waals surface area contributed by atoms with Crippen molar-refractivity contribution in [1.29, 1.82) is 0 Å². The van der Waals surface area contributed by atoms with E-state index in [-0.39, 0.29) is 30.4 Å². The van der Waals surface area contributed by atoms with Gasteiger partial charge in [0.25, 0.3) is 5.91 Å². The number of esters is 1. The summed E-state index contributed by atoms with van der Waals surface area (Å²) < 4.78 is 30.7. The molecule has 31 heavy (non-hydrogen) atoms. The van der Waals surface area contributed by atoms with Gasteiger partial charge >= 0.3 is 5.97 Å². The first-order valence-corrected chi connectivity index (χ1v) is 11.9. The summed E-state index contributed by atoms with van der Waals surface area (Å²) in [5.41, 5.74) is 2.87. The van der Waals surface area contributed by atoms with Gasteiger partial charge in [-0.2, -0.15) is 4.99 Å². The zero-order valence-corrected chi connectivity index (χ0v) is 19.0. The quantitative estimate of drug-likeness (QED) is 0.566. The predicted octanol–water partition coefficient (Wildman–Crippen LogP) is 2.66. The molecule has 0 radical (unpaired) electrons. The summed E-state index contributed by atoms with van der Waals surface area (Å²) in [6.45, 7) is 5.95. The van der Waals surface area contributed by atoms with Gasteiger partial charge in [0.15, 0.2) is 4.80 Å². The first-order chi connectivity index (χ1) is 14.6. The average Bonchev–Trinajstić information content (AvgIpc) is 3.03. The topological polar surface area (TPSA) is 121 Å². The van der Waals surface area contributed by atoms with E-state index in [0.717, 1.165) is 22.5 Å². The Kier molecular flexibility index (Phi) is 6.73. The average molecular weight is 462 g/mol. The Hall–Kier alpha value is -2.82. The van der Waals surface area contributed by atoms with Gasteiger partial charge < -0.3 is 9.30 Å². The minimum atomic E-state index is -3.88. The largest absolute Gasteiger partial charge is 0.466 e. The van der Waals surface area contributed by atoms with Crippen LogP contribution in [0.5, 0.6) is 0 Å². The minimum Gasteiger partial charge on any atom is -0.466 e. The number of sulfonamides is 1. The standard InChI is InChI=1S/C21H23N3O5S2/c1-4-29-19(25)9-10-24-17-8-7-15(31(22,27)28)12-18(17)30-21(24)23-20(26)16-11-13(2)5-6-14(16)3/h5-8,11-12H,4,9-10H2,1-3H3,(H2,22,27,28). The lowest BCUT2D eigenvalue weighted by Crippen LogP contribution is -2.20. The number of aryl methyl sites for hydroxylation is 3. The molecule has 0 aliphatic rings. The number of carbonyl (C=O) groups excluding carboxylic acids is 2. The molecule has 0 saturated carbocycles. The van der Waals surface area contributed by atoms with Gasteiger partial charge in [0.1, 0.15) is 0 Å². The Morgan fingerprint density at radius 1 is 1.16 bits per heavy atom. The molecule has 0 bridgehead atoms. The molecule has 164 valence electrons. The Labute approximate surface area is 184 Å². The van der Waals surface area contributed by atoms with E-state index in [1.165, 1.54) is 12.1 Å². The fourth-order valence-corrected chi connectivity index (χ4v) is 4.79. The molecule has 1 aromatic heterocycles. The molecule has 2 N–H and O–H groups in total. The van der Waals surface area contributed by atoms with Gasteiger partial charge in [-0.3, -0.25) is 9.59 Å². The minimum absolute atomic E-state index is 0.0359. The molecular formula is C21H23N3O5S2. The molecule has 0 saturated heterocycles. The molecule has 3 aromatic rings. The Bertz CT molecular complexity index is 1340. The van der Waals surface area contributed by atoms with Gasteiger partial charge in [0, 0.05) is 12.1 Å². The van der Waals surface area contributed by atoms with Crippen molar-refractivity contribution in [2.24, 2.45) is 10.1 Å². The van der Waals surface area contributed by atoms with Crippen LogP contribution in [-0.4, -0.2) is 31.5 Å². The normalized spacial score (nSPS) is 12.3. The third kappa shape index (κ3) is 5.27. The maximum atomic E-state index is 12.9. The molecule has 8 nitrogen and oxygen atoms in total. The summed E-state index contributed by atoms with van der Waals surface area (Å²) in [4.78, 5) is 29.4. The summed E-state index contributed by atoms with van der Waals surface area (Å²) in [5.74, 6) is -0.786. The number of fused-ring (bicyclic) bond motifs is 1. The number of hydrogen-bond acceptors (Lipinski definition) is 6. The molecule has 2 aromatic carbocycles. The van der Waals surface area contributed by atoms with Crippen LogP contribution in [0, 0.1) is 13.8 Å². The molecule has 1 heterocycles.